The van der Waals surface area contributed by atoms with Gasteiger partial charge in [-0.2, -0.15) is 0 Å². The Hall–Kier alpha value is -3.33. The first kappa shape index (κ1) is 21.5. The fourth-order valence-electron chi connectivity index (χ4n) is 5.41. The molecule has 3 nitrogen and oxygen atoms in total. The second kappa shape index (κ2) is 8.90. The summed E-state index contributed by atoms with van der Waals surface area (Å²) in [6, 6.07) is 25.3. The summed E-state index contributed by atoms with van der Waals surface area (Å²) in [5.74, 6) is 1.35. The van der Waals surface area contributed by atoms with Gasteiger partial charge in [-0.15, -0.1) is 0 Å². The van der Waals surface area contributed by atoms with Gasteiger partial charge in [0.1, 0.15) is 0 Å². The number of rotatable bonds is 5. The van der Waals surface area contributed by atoms with Crippen molar-refractivity contribution in [3.63, 3.8) is 0 Å². The van der Waals surface area contributed by atoms with Gasteiger partial charge in [0.05, 0.1) is 17.3 Å². The molecule has 1 heterocycles. The molecule has 0 aromatic heterocycles. The molecule has 0 radical (unpaired) electrons. The topological polar surface area (TPSA) is 32.3 Å². The maximum atomic E-state index is 13.8. The van der Waals surface area contributed by atoms with Crippen LogP contribution in [-0.2, 0) is 0 Å². The van der Waals surface area contributed by atoms with Gasteiger partial charge >= 0.3 is 0 Å². The highest BCUT2D eigenvalue weighted by molar-refractivity contribution is 6.10. The third-order valence-electron chi connectivity index (χ3n) is 7.22. The van der Waals surface area contributed by atoms with Crippen molar-refractivity contribution in [2.45, 2.75) is 45.1 Å². The van der Waals surface area contributed by atoms with Crippen molar-refractivity contribution in [3.8, 4) is 0 Å². The fraction of sp³-hybridized carbons (Fsp3) is 0.300. The summed E-state index contributed by atoms with van der Waals surface area (Å²) >= 11 is 0. The molecule has 0 fully saturated rings. The third kappa shape index (κ3) is 3.86. The van der Waals surface area contributed by atoms with Gasteiger partial charge in [-0.1, -0.05) is 80.6 Å². The average Bonchev–Trinajstić information content (AvgIpc) is 3.35. The Balaban J connectivity index is 1.54. The summed E-state index contributed by atoms with van der Waals surface area (Å²) < 4.78 is 0. The second-order valence-electron chi connectivity index (χ2n) is 9.45. The zero-order valence-corrected chi connectivity index (χ0v) is 19.7. The molecule has 1 aliphatic heterocycles. The molecular formula is C30H32N2O. The molecule has 0 saturated heterocycles. The van der Waals surface area contributed by atoms with Crippen molar-refractivity contribution < 1.29 is 4.79 Å². The minimum Gasteiger partial charge on any atom is -0.377 e. The monoisotopic (exact) mass is 436 g/mol. The average molecular weight is 437 g/mol. The lowest BCUT2D eigenvalue weighted by atomic mass is 9.76. The Morgan fingerprint density at radius 1 is 1.00 bits per heavy atom. The number of para-hydroxylation sites is 2. The molecule has 0 saturated carbocycles. The normalized spacial score (nSPS) is 20.8. The molecule has 0 bridgehead atoms. The number of amides is 1. The van der Waals surface area contributed by atoms with E-state index in [2.05, 4.69) is 61.6 Å². The van der Waals surface area contributed by atoms with Gasteiger partial charge < -0.3 is 10.2 Å². The largest absolute Gasteiger partial charge is 0.377 e. The molecule has 1 amide bonds. The molecule has 2 aliphatic rings. The molecule has 3 unspecified atom stereocenters. The molecular weight excluding hydrogens is 404 g/mol. The minimum absolute atomic E-state index is 0.0439. The Bertz CT molecular complexity index is 1160. The predicted molar refractivity (Wildman–Crippen MR) is 137 cm³/mol. The van der Waals surface area contributed by atoms with E-state index in [1.807, 2.05) is 54.3 Å². The Labute approximate surface area is 197 Å². The van der Waals surface area contributed by atoms with Crippen LogP contribution >= 0.6 is 0 Å². The van der Waals surface area contributed by atoms with Crippen molar-refractivity contribution >= 4 is 17.3 Å². The van der Waals surface area contributed by atoms with Gasteiger partial charge in [-0.25, -0.2) is 0 Å². The van der Waals surface area contributed by atoms with E-state index in [0.717, 1.165) is 23.4 Å². The number of hydrogen-bond acceptors (Lipinski definition) is 2. The molecule has 5 rings (SSSR count). The summed E-state index contributed by atoms with van der Waals surface area (Å²) in [7, 11) is 0. The van der Waals surface area contributed by atoms with Gasteiger partial charge in [-0.05, 0) is 60.1 Å². The number of nitrogens with one attached hydrogen (secondary N) is 1. The van der Waals surface area contributed by atoms with Crippen molar-refractivity contribution in [2.75, 3.05) is 16.8 Å². The van der Waals surface area contributed by atoms with Gasteiger partial charge in [0.15, 0.2) is 0 Å². The number of nitrogens with zero attached hydrogens (tertiary/aromatic N) is 1. The van der Waals surface area contributed by atoms with Crippen molar-refractivity contribution in [3.05, 3.63) is 107 Å². The van der Waals surface area contributed by atoms with E-state index < -0.39 is 0 Å². The maximum Gasteiger partial charge on any atom is 0.260 e. The van der Waals surface area contributed by atoms with Gasteiger partial charge in [0.2, 0.25) is 0 Å². The molecule has 1 aliphatic carbocycles. The first-order valence-corrected chi connectivity index (χ1v) is 12.1. The Morgan fingerprint density at radius 3 is 2.45 bits per heavy atom. The van der Waals surface area contributed by atoms with Crippen molar-refractivity contribution in [2.24, 2.45) is 5.92 Å². The summed E-state index contributed by atoms with van der Waals surface area (Å²) in [6.07, 6.45) is 5.69. The summed E-state index contributed by atoms with van der Waals surface area (Å²) in [5, 5.41) is 3.83. The van der Waals surface area contributed by atoms with Crippen molar-refractivity contribution in [1.82, 2.24) is 0 Å². The number of fused-ring (bicyclic) bond motifs is 3. The lowest BCUT2D eigenvalue weighted by Gasteiger charge is -2.39. The van der Waals surface area contributed by atoms with Crippen LogP contribution in [0.3, 0.4) is 0 Å². The molecule has 3 aromatic carbocycles. The molecule has 0 spiro atoms. The Morgan fingerprint density at radius 2 is 1.76 bits per heavy atom. The summed E-state index contributed by atoms with van der Waals surface area (Å²) in [6.45, 7) is 7.11. The van der Waals surface area contributed by atoms with E-state index in [1.165, 1.54) is 16.7 Å². The number of benzene rings is 3. The standard InChI is InChI=1S/C30H32N2O/c1-4-32(23-10-6-5-7-11-23)30(33)27-15-9-14-26-24-12-8-13-25(24)28(31-29(26)27)22-18-16-21(17-19-22)20(2)3/h5-12,14-20,24-25,28,31H,4,13H2,1-3H3. The second-order valence-corrected chi connectivity index (χ2v) is 9.45. The van der Waals surface area contributed by atoms with Gasteiger partial charge in [-0.3, -0.25) is 4.79 Å². The number of carbonyl (C=O) groups excluding carboxylic acids is 1. The van der Waals surface area contributed by atoms with Crippen LogP contribution in [0.1, 0.15) is 72.1 Å². The number of carbonyl (C=O) groups is 1. The number of hydrogen-bond donors (Lipinski definition) is 1. The van der Waals surface area contributed by atoms with Crippen LogP contribution < -0.4 is 10.2 Å². The first-order chi connectivity index (χ1) is 16.1. The predicted octanol–water partition coefficient (Wildman–Crippen LogP) is 7.30. The van der Waals surface area contributed by atoms with E-state index in [-0.39, 0.29) is 11.9 Å². The molecule has 33 heavy (non-hydrogen) atoms. The van der Waals surface area contributed by atoms with Crippen LogP contribution in [-0.4, -0.2) is 12.5 Å². The smallest absolute Gasteiger partial charge is 0.260 e. The first-order valence-electron chi connectivity index (χ1n) is 12.1. The fourth-order valence-corrected chi connectivity index (χ4v) is 5.41. The molecule has 3 atom stereocenters. The van der Waals surface area contributed by atoms with E-state index >= 15 is 0 Å². The molecule has 168 valence electrons. The van der Waals surface area contributed by atoms with Crippen LogP contribution in [0.2, 0.25) is 0 Å². The van der Waals surface area contributed by atoms with E-state index in [9.17, 15) is 4.79 Å². The van der Waals surface area contributed by atoms with Gasteiger partial charge in [0, 0.05) is 18.2 Å². The number of allylic oxidation sites excluding steroid dienone is 2. The van der Waals surface area contributed by atoms with Crippen LogP contribution in [0.4, 0.5) is 11.4 Å². The van der Waals surface area contributed by atoms with Crippen LogP contribution in [0.5, 0.6) is 0 Å². The van der Waals surface area contributed by atoms with Crippen molar-refractivity contribution in [1.29, 1.82) is 0 Å². The quantitative estimate of drug-likeness (QED) is 0.426. The highest BCUT2D eigenvalue weighted by atomic mass is 16.2. The summed E-state index contributed by atoms with van der Waals surface area (Å²) in [4.78, 5) is 15.6. The lowest BCUT2D eigenvalue weighted by molar-refractivity contribution is 0.0988. The van der Waals surface area contributed by atoms with Crippen LogP contribution in [0, 0.1) is 5.92 Å². The van der Waals surface area contributed by atoms with Crippen LogP contribution in [0.15, 0.2) is 84.9 Å². The zero-order chi connectivity index (χ0) is 22.9. The summed E-state index contributed by atoms with van der Waals surface area (Å²) in [5.41, 5.74) is 6.55. The number of anilines is 2. The SMILES string of the molecule is CCN(C(=O)c1cccc2c1NC(c1ccc(C(C)C)cc1)C1CC=CC21)c1ccccc1. The third-order valence-corrected chi connectivity index (χ3v) is 7.22. The maximum absolute atomic E-state index is 13.8. The van der Waals surface area contributed by atoms with Crippen LogP contribution in [0.25, 0.3) is 0 Å². The molecule has 1 N–H and O–H groups in total. The van der Waals surface area contributed by atoms with E-state index in [1.54, 1.807) is 0 Å². The lowest BCUT2D eigenvalue weighted by Crippen LogP contribution is -2.34. The van der Waals surface area contributed by atoms with Gasteiger partial charge in [0.25, 0.3) is 5.91 Å². The highest BCUT2D eigenvalue weighted by Gasteiger charge is 2.39. The zero-order valence-electron chi connectivity index (χ0n) is 19.7. The van der Waals surface area contributed by atoms with E-state index in [0.29, 0.717) is 24.3 Å². The highest BCUT2D eigenvalue weighted by Crippen LogP contribution is 2.50. The molecule has 3 heteroatoms. The van der Waals surface area contributed by atoms with E-state index in [4.69, 9.17) is 0 Å². The molecule has 3 aromatic rings. The minimum atomic E-state index is 0.0439. The Kier molecular flexibility index (Phi) is 5.80.